The third-order valence-corrected chi connectivity index (χ3v) is 3.71. The Balaban J connectivity index is 1.78. The van der Waals surface area contributed by atoms with Gasteiger partial charge in [0.05, 0.1) is 0 Å². The van der Waals surface area contributed by atoms with Gasteiger partial charge >= 0.3 is 0 Å². The molecule has 3 rings (SSSR count). The van der Waals surface area contributed by atoms with Crippen LogP contribution in [-0.4, -0.2) is 21.0 Å². The number of hydrogen-bond donors (Lipinski definition) is 2. The first kappa shape index (κ1) is 15.9. The van der Waals surface area contributed by atoms with Gasteiger partial charge in [-0.2, -0.15) is 0 Å². The second-order valence-electron chi connectivity index (χ2n) is 5.10. The molecule has 3 aromatic rings. The SMILES string of the molecule is Cc1cc(Nc2cc(C(=O)Nc3cccc(Cl)c3C)ncn2)no1. The maximum absolute atomic E-state index is 12.4. The topological polar surface area (TPSA) is 92.9 Å². The number of carbonyl (C=O) groups is 1. The van der Waals surface area contributed by atoms with Crippen LogP contribution in [0.4, 0.5) is 17.3 Å². The van der Waals surface area contributed by atoms with Crippen LogP contribution in [0.25, 0.3) is 0 Å². The Hall–Kier alpha value is -2.93. The molecule has 1 amide bonds. The molecule has 0 saturated carbocycles. The van der Waals surface area contributed by atoms with E-state index in [1.54, 1.807) is 31.2 Å². The van der Waals surface area contributed by atoms with Gasteiger partial charge in [-0.15, -0.1) is 0 Å². The fourth-order valence-corrected chi connectivity index (χ4v) is 2.21. The van der Waals surface area contributed by atoms with Gasteiger partial charge in [-0.1, -0.05) is 22.8 Å². The molecule has 0 atom stereocenters. The lowest BCUT2D eigenvalue weighted by Crippen LogP contribution is -2.15. The first-order valence-corrected chi connectivity index (χ1v) is 7.49. The number of aromatic nitrogens is 3. The van der Waals surface area contributed by atoms with E-state index in [4.69, 9.17) is 16.1 Å². The zero-order valence-corrected chi connectivity index (χ0v) is 13.8. The van der Waals surface area contributed by atoms with Crippen LogP contribution in [0, 0.1) is 13.8 Å². The van der Waals surface area contributed by atoms with E-state index in [1.165, 1.54) is 12.4 Å². The maximum atomic E-state index is 12.4. The number of hydrogen-bond acceptors (Lipinski definition) is 6. The molecule has 0 unspecified atom stereocenters. The number of rotatable bonds is 4. The van der Waals surface area contributed by atoms with Crippen molar-refractivity contribution in [3.05, 3.63) is 58.7 Å². The van der Waals surface area contributed by atoms with E-state index in [-0.39, 0.29) is 11.6 Å². The minimum Gasteiger partial charge on any atom is -0.360 e. The van der Waals surface area contributed by atoms with Crippen LogP contribution >= 0.6 is 11.6 Å². The molecule has 2 heterocycles. The average Bonchev–Trinajstić information content (AvgIpc) is 2.97. The highest BCUT2D eigenvalue weighted by Gasteiger charge is 2.12. The number of halogens is 1. The van der Waals surface area contributed by atoms with Gasteiger partial charge in [0.1, 0.15) is 23.6 Å². The molecule has 2 aromatic heterocycles. The van der Waals surface area contributed by atoms with Crippen molar-refractivity contribution in [1.82, 2.24) is 15.1 Å². The number of amides is 1. The minimum absolute atomic E-state index is 0.215. The van der Waals surface area contributed by atoms with Gasteiger partial charge in [-0.05, 0) is 31.5 Å². The lowest BCUT2D eigenvalue weighted by atomic mass is 10.2. The predicted molar refractivity (Wildman–Crippen MR) is 90.7 cm³/mol. The molecule has 0 spiro atoms. The average molecular weight is 344 g/mol. The summed E-state index contributed by atoms with van der Waals surface area (Å²) in [5, 5.41) is 10.1. The molecule has 1 aromatic carbocycles. The molecule has 0 aliphatic rings. The smallest absolute Gasteiger partial charge is 0.274 e. The molecule has 0 saturated heterocycles. The van der Waals surface area contributed by atoms with Crippen LogP contribution in [0.15, 0.2) is 41.2 Å². The number of benzene rings is 1. The Bertz CT molecular complexity index is 894. The summed E-state index contributed by atoms with van der Waals surface area (Å²) in [6.07, 6.45) is 1.30. The highest BCUT2D eigenvalue weighted by atomic mass is 35.5. The molecular weight excluding hydrogens is 330 g/mol. The molecule has 122 valence electrons. The molecule has 0 radical (unpaired) electrons. The van der Waals surface area contributed by atoms with Crippen LogP contribution in [-0.2, 0) is 0 Å². The van der Waals surface area contributed by atoms with Crippen molar-refractivity contribution in [3.8, 4) is 0 Å². The van der Waals surface area contributed by atoms with Crippen LogP contribution in [0.1, 0.15) is 21.8 Å². The summed E-state index contributed by atoms with van der Waals surface area (Å²) in [4.78, 5) is 20.4. The fourth-order valence-electron chi connectivity index (χ4n) is 2.04. The number of nitrogens with zero attached hydrogens (tertiary/aromatic N) is 3. The van der Waals surface area contributed by atoms with Crippen molar-refractivity contribution in [2.45, 2.75) is 13.8 Å². The first-order valence-electron chi connectivity index (χ1n) is 7.12. The van der Waals surface area contributed by atoms with E-state index in [0.29, 0.717) is 28.1 Å². The Morgan fingerprint density at radius 3 is 2.75 bits per heavy atom. The number of nitrogens with one attached hydrogen (secondary N) is 2. The molecule has 0 bridgehead atoms. The van der Waals surface area contributed by atoms with Crippen molar-refractivity contribution >= 4 is 34.8 Å². The van der Waals surface area contributed by atoms with Crippen molar-refractivity contribution in [3.63, 3.8) is 0 Å². The summed E-state index contributed by atoms with van der Waals surface area (Å²) in [5.74, 6) is 1.25. The van der Waals surface area contributed by atoms with Gasteiger partial charge in [-0.3, -0.25) is 4.79 Å². The second kappa shape index (κ2) is 6.67. The monoisotopic (exact) mass is 343 g/mol. The number of carbonyl (C=O) groups excluding carboxylic acids is 1. The van der Waals surface area contributed by atoms with Crippen LogP contribution in [0.2, 0.25) is 5.02 Å². The predicted octanol–water partition coefficient (Wildman–Crippen LogP) is 3.73. The lowest BCUT2D eigenvalue weighted by molar-refractivity contribution is 0.102. The summed E-state index contributed by atoms with van der Waals surface area (Å²) in [6, 6.07) is 8.55. The Labute approximate surface area is 143 Å². The largest absolute Gasteiger partial charge is 0.360 e. The Kier molecular flexibility index (Phi) is 4.43. The normalized spacial score (nSPS) is 10.5. The molecule has 0 aliphatic heterocycles. The van der Waals surface area contributed by atoms with Crippen molar-refractivity contribution in [2.24, 2.45) is 0 Å². The van der Waals surface area contributed by atoms with E-state index in [0.717, 1.165) is 5.56 Å². The van der Waals surface area contributed by atoms with Gasteiger partial charge in [0, 0.05) is 22.8 Å². The molecule has 24 heavy (non-hydrogen) atoms. The van der Waals surface area contributed by atoms with Crippen LogP contribution < -0.4 is 10.6 Å². The number of aryl methyl sites for hydroxylation is 1. The van der Waals surface area contributed by atoms with Crippen LogP contribution in [0.3, 0.4) is 0 Å². The highest BCUT2D eigenvalue weighted by molar-refractivity contribution is 6.31. The highest BCUT2D eigenvalue weighted by Crippen LogP contribution is 2.23. The Morgan fingerprint density at radius 2 is 2.00 bits per heavy atom. The first-order chi connectivity index (χ1) is 11.5. The third kappa shape index (κ3) is 3.52. The van der Waals surface area contributed by atoms with Gasteiger partial charge in [-0.25, -0.2) is 9.97 Å². The molecule has 7 nitrogen and oxygen atoms in total. The quantitative estimate of drug-likeness (QED) is 0.749. The molecule has 0 aliphatic carbocycles. The van der Waals surface area contributed by atoms with Gasteiger partial charge in [0.25, 0.3) is 5.91 Å². The fraction of sp³-hybridized carbons (Fsp3) is 0.125. The molecule has 0 fully saturated rings. The Morgan fingerprint density at radius 1 is 1.17 bits per heavy atom. The lowest BCUT2D eigenvalue weighted by Gasteiger charge is -2.09. The van der Waals surface area contributed by atoms with E-state index in [1.807, 2.05) is 6.92 Å². The van der Waals surface area contributed by atoms with Gasteiger partial charge in [0.15, 0.2) is 5.82 Å². The van der Waals surface area contributed by atoms with Crippen LogP contribution in [0.5, 0.6) is 0 Å². The maximum Gasteiger partial charge on any atom is 0.274 e. The summed E-state index contributed by atoms with van der Waals surface area (Å²) >= 11 is 6.06. The zero-order valence-electron chi connectivity index (χ0n) is 13.0. The van der Waals surface area contributed by atoms with E-state index >= 15 is 0 Å². The van der Waals surface area contributed by atoms with Gasteiger partial charge < -0.3 is 15.2 Å². The molecular formula is C16H14ClN5O2. The second-order valence-corrected chi connectivity index (χ2v) is 5.51. The van der Waals surface area contributed by atoms with Crippen molar-refractivity contribution < 1.29 is 9.32 Å². The minimum atomic E-state index is -0.359. The van der Waals surface area contributed by atoms with E-state index in [2.05, 4.69) is 25.8 Å². The summed E-state index contributed by atoms with van der Waals surface area (Å²) in [6.45, 7) is 3.61. The summed E-state index contributed by atoms with van der Waals surface area (Å²) in [5.41, 5.74) is 1.64. The van der Waals surface area contributed by atoms with E-state index in [9.17, 15) is 4.79 Å². The molecule has 2 N–H and O–H groups in total. The summed E-state index contributed by atoms with van der Waals surface area (Å²) in [7, 11) is 0. The summed E-state index contributed by atoms with van der Waals surface area (Å²) < 4.78 is 4.97. The third-order valence-electron chi connectivity index (χ3n) is 3.30. The number of anilines is 3. The van der Waals surface area contributed by atoms with E-state index < -0.39 is 0 Å². The van der Waals surface area contributed by atoms with Crippen molar-refractivity contribution in [2.75, 3.05) is 10.6 Å². The van der Waals surface area contributed by atoms with Gasteiger partial charge in [0.2, 0.25) is 0 Å². The molecule has 8 heteroatoms. The standard InChI is InChI=1S/C16H14ClN5O2/c1-9-6-15(22-24-9)21-14-7-13(18-8-19-14)16(23)20-12-5-3-4-11(17)10(12)2/h3-8H,1-2H3,(H,20,23)(H,18,19,21,22). The van der Waals surface area contributed by atoms with Crippen molar-refractivity contribution in [1.29, 1.82) is 0 Å². The zero-order chi connectivity index (χ0) is 17.1.